The van der Waals surface area contributed by atoms with E-state index in [1.807, 2.05) is 4.90 Å². The first kappa shape index (κ1) is 13.9. The highest BCUT2D eigenvalue weighted by Crippen LogP contribution is 2.38. The van der Waals surface area contributed by atoms with E-state index in [2.05, 4.69) is 0 Å². The fourth-order valence-corrected chi connectivity index (χ4v) is 3.12. The molecule has 1 aliphatic carbocycles. The van der Waals surface area contributed by atoms with Crippen molar-refractivity contribution in [3.63, 3.8) is 0 Å². The van der Waals surface area contributed by atoms with Crippen LogP contribution < -0.4 is 0 Å². The van der Waals surface area contributed by atoms with Gasteiger partial charge in [-0.05, 0) is 31.4 Å². The minimum atomic E-state index is -1.15. The van der Waals surface area contributed by atoms with Crippen LogP contribution in [-0.4, -0.2) is 41.8 Å². The molecule has 1 aliphatic heterocycles. The van der Waals surface area contributed by atoms with Gasteiger partial charge in [-0.15, -0.1) is 0 Å². The van der Waals surface area contributed by atoms with Gasteiger partial charge in [-0.3, -0.25) is 4.90 Å². The highest BCUT2D eigenvalue weighted by atomic mass is 19.1. The molecular weight excluding hydrogens is 264 g/mol. The summed E-state index contributed by atoms with van der Waals surface area (Å²) < 4.78 is 33.1. The van der Waals surface area contributed by atoms with Gasteiger partial charge in [0.1, 0.15) is 11.6 Å². The van der Waals surface area contributed by atoms with Crippen molar-refractivity contribution in [2.45, 2.75) is 31.0 Å². The Labute approximate surface area is 117 Å². The molecule has 1 heterocycles. The number of morpholine rings is 1. The Morgan fingerprint density at radius 2 is 2.00 bits per heavy atom. The molecule has 1 saturated carbocycles. The molecule has 1 spiro atoms. The van der Waals surface area contributed by atoms with Crippen LogP contribution in [-0.2, 0) is 4.74 Å². The van der Waals surface area contributed by atoms with Crippen molar-refractivity contribution in [1.29, 1.82) is 0 Å². The van der Waals surface area contributed by atoms with Gasteiger partial charge < -0.3 is 9.84 Å². The molecule has 20 heavy (non-hydrogen) atoms. The minimum Gasteiger partial charge on any atom is -0.387 e. The molecule has 0 radical (unpaired) electrons. The first-order chi connectivity index (χ1) is 9.60. The first-order valence-corrected chi connectivity index (χ1v) is 7.08. The third kappa shape index (κ3) is 2.57. The highest BCUT2D eigenvalue weighted by molar-refractivity contribution is 5.22. The number of hydrogen-bond acceptors (Lipinski definition) is 3. The second kappa shape index (κ2) is 5.39. The van der Waals surface area contributed by atoms with Gasteiger partial charge in [0.05, 0.1) is 23.9 Å². The van der Waals surface area contributed by atoms with Crippen LogP contribution >= 0.6 is 0 Å². The third-order valence-electron chi connectivity index (χ3n) is 4.36. The maximum atomic E-state index is 13.6. The lowest BCUT2D eigenvalue weighted by Crippen LogP contribution is -2.56. The number of aliphatic hydroxyl groups excluding tert-OH is 1. The molecule has 5 heteroatoms. The van der Waals surface area contributed by atoms with Crippen LogP contribution in [0.25, 0.3) is 0 Å². The second-order valence-electron chi connectivity index (χ2n) is 5.77. The molecule has 1 aromatic carbocycles. The zero-order valence-electron chi connectivity index (χ0n) is 11.3. The number of rotatable bonds is 3. The molecule has 2 fully saturated rings. The topological polar surface area (TPSA) is 32.7 Å². The molecular formula is C15H19F2NO2. The third-order valence-corrected chi connectivity index (χ3v) is 4.36. The fourth-order valence-electron chi connectivity index (χ4n) is 3.12. The molecule has 2 aliphatic rings. The van der Waals surface area contributed by atoms with Crippen molar-refractivity contribution in [3.8, 4) is 0 Å². The van der Waals surface area contributed by atoms with Crippen molar-refractivity contribution in [1.82, 2.24) is 4.90 Å². The predicted octanol–water partition coefficient (Wildman–Crippen LogP) is 2.25. The van der Waals surface area contributed by atoms with E-state index in [4.69, 9.17) is 4.74 Å². The molecule has 0 bridgehead atoms. The Morgan fingerprint density at radius 3 is 2.60 bits per heavy atom. The molecule has 0 aromatic heterocycles. The lowest BCUT2D eigenvalue weighted by Gasteiger charge is -2.48. The second-order valence-corrected chi connectivity index (χ2v) is 5.77. The maximum absolute atomic E-state index is 13.6. The van der Waals surface area contributed by atoms with E-state index in [9.17, 15) is 13.9 Å². The van der Waals surface area contributed by atoms with E-state index >= 15 is 0 Å². The highest BCUT2D eigenvalue weighted by Gasteiger charge is 2.42. The summed E-state index contributed by atoms with van der Waals surface area (Å²) in [6.45, 7) is 2.28. The average Bonchev–Trinajstić information content (AvgIpc) is 2.37. The number of ether oxygens (including phenoxy) is 1. The van der Waals surface area contributed by atoms with Crippen molar-refractivity contribution < 1.29 is 18.6 Å². The number of β-amino-alcohol motifs (C(OH)–C–C–N with tert-alkyl or cyclic N) is 1. The van der Waals surface area contributed by atoms with Crippen LogP contribution in [0.3, 0.4) is 0 Å². The first-order valence-electron chi connectivity index (χ1n) is 7.08. The van der Waals surface area contributed by atoms with Crippen molar-refractivity contribution in [3.05, 3.63) is 35.4 Å². The lowest BCUT2D eigenvalue weighted by atomic mass is 9.79. The molecule has 1 N–H and O–H groups in total. The van der Waals surface area contributed by atoms with Crippen LogP contribution in [0.5, 0.6) is 0 Å². The van der Waals surface area contributed by atoms with Crippen LogP contribution in [0.4, 0.5) is 8.78 Å². The molecule has 0 amide bonds. The number of benzene rings is 1. The van der Waals surface area contributed by atoms with E-state index < -0.39 is 17.7 Å². The van der Waals surface area contributed by atoms with Gasteiger partial charge in [-0.25, -0.2) is 8.78 Å². The van der Waals surface area contributed by atoms with E-state index in [1.165, 1.54) is 24.6 Å². The van der Waals surface area contributed by atoms with Crippen molar-refractivity contribution in [2.75, 3.05) is 26.2 Å². The van der Waals surface area contributed by atoms with Gasteiger partial charge in [0, 0.05) is 19.6 Å². The van der Waals surface area contributed by atoms with Gasteiger partial charge in [0.2, 0.25) is 0 Å². The van der Waals surface area contributed by atoms with Gasteiger partial charge in [0.15, 0.2) is 0 Å². The summed E-state index contributed by atoms with van der Waals surface area (Å²) in [7, 11) is 0. The number of nitrogens with zero attached hydrogens (tertiary/aromatic N) is 1. The molecule has 3 rings (SSSR count). The predicted molar refractivity (Wildman–Crippen MR) is 70.3 cm³/mol. The Bertz CT molecular complexity index is 471. The van der Waals surface area contributed by atoms with Gasteiger partial charge in [-0.1, -0.05) is 6.07 Å². The summed E-state index contributed by atoms with van der Waals surface area (Å²) in [4.78, 5) is 2.04. The Morgan fingerprint density at radius 1 is 1.30 bits per heavy atom. The molecule has 110 valence electrons. The Kier molecular flexibility index (Phi) is 3.75. The summed E-state index contributed by atoms with van der Waals surface area (Å²) >= 11 is 0. The van der Waals surface area contributed by atoms with Crippen LogP contribution in [0.1, 0.15) is 30.9 Å². The summed E-state index contributed by atoms with van der Waals surface area (Å²) in [5.74, 6) is -1.38. The monoisotopic (exact) mass is 283 g/mol. The van der Waals surface area contributed by atoms with Crippen LogP contribution in [0.15, 0.2) is 18.2 Å². The zero-order chi connectivity index (χ0) is 14.2. The minimum absolute atomic E-state index is 0.0776. The quantitative estimate of drug-likeness (QED) is 0.923. The van der Waals surface area contributed by atoms with E-state index in [0.29, 0.717) is 13.2 Å². The van der Waals surface area contributed by atoms with Crippen LogP contribution in [0, 0.1) is 11.6 Å². The van der Waals surface area contributed by atoms with E-state index in [0.717, 1.165) is 19.4 Å². The van der Waals surface area contributed by atoms with E-state index in [1.54, 1.807) is 0 Å². The van der Waals surface area contributed by atoms with Crippen LogP contribution in [0.2, 0.25) is 0 Å². The van der Waals surface area contributed by atoms with Crippen molar-refractivity contribution in [2.24, 2.45) is 0 Å². The van der Waals surface area contributed by atoms with Gasteiger partial charge in [-0.2, -0.15) is 0 Å². The fraction of sp³-hybridized carbons (Fsp3) is 0.600. The van der Waals surface area contributed by atoms with Gasteiger partial charge in [0.25, 0.3) is 0 Å². The largest absolute Gasteiger partial charge is 0.387 e. The van der Waals surface area contributed by atoms with E-state index in [-0.39, 0.29) is 17.7 Å². The smallest absolute Gasteiger partial charge is 0.131 e. The molecule has 3 nitrogen and oxygen atoms in total. The lowest BCUT2D eigenvalue weighted by molar-refractivity contribution is -0.155. The maximum Gasteiger partial charge on any atom is 0.131 e. The number of halogens is 2. The normalized spacial score (nSPS) is 23.6. The summed E-state index contributed by atoms with van der Waals surface area (Å²) in [6.07, 6.45) is 2.09. The SMILES string of the molecule is OC(CN1CCOC2(CCC2)C1)c1c(F)cccc1F. The standard InChI is InChI=1S/C15H19F2NO2/c16-11-3-1-4-12(17)14(11)13(19)9-18-7-8-20-15(10-18)5-2-6-15/h1,3-4,13,19H,2,5-10H2. The zero-order valence-corrected chi connectivity index (χ0v) is 11.3. The summed E-state index contributed by atoms with van der Waals surface area (Å²) in [5, 5.41) is 10.1. The molecule has 1 saturated heterocycles. The molecule has 1 aromatic rings. The number of hydrogen-bond donors (Lipinski definition) is 1. The van der Waals surface area contributed by atoms with Gasteiger partial charge >= 0.3 is 0 Å². The summed E-state index contributed by atoms with van der Waals surface area (Å²) in [6, 6.07) is 3.65. The Balaban J connectivity index is 1.68. The van der Waals surface area contributed by atoms with Crippen molar-refractivity contribution >= 4 is 0 Å². The Hall–Kier alpha value is -1.04. The summed E-state index contributed by atoms with van der Waals surface area (Å²) in [5.41, 5.74) is -0.312. The molecule has 1 unspecified atom stereocenters. The number of aliphatic hydroxyl groups is 1. The molecule has 1 atom stereocenters. The average molecular weight is 283 g/mol.